The van der Waals surface area contributed by atoms with E-state index in [1.807, 2.05) is 0 Å². The van der Waals surface area contributed by atoms with Crippen molar-refractivity contribution in [1.29, 1.82) is 0 Å². The maximum atomic E-state index is 8.46. The van der Waals surface area contributed by atoms with Crippen LogP contribution in [-0.4, -0.2) is 34.7 Å². The van der Waals surface area contributed by atoms with Crippen molar-refractivity contribution in [3.05, 3.63) is 0 Å². The molecule has 50 valence electrons. The van der Waals surface area contributed by atoms with Crippen molar-refractivity contribution in [2.45, 2.75) is 6.10 Å². The lowest BCUT2D eigenvalue weighted by atomic mass is 10.4. The first-order chi connectivity index (χ1) is 3.81. The highest BCUT2D eigenvalue weighted by Gasteiger charge is 1.98. The summed E-state index contributed by atoms with van der Waals surface area (Å²) >= 11 is 0. The van der Waals surface area contributed by atoms with Crippen molar-refractivity contribution in [2.24, 2.45) is 0 Å². The van der Waals surface area contributed by atoms with E-state index in [0.29, 0.717) is 0 Å². The van der Waals surface area contributed by atoms with Crippen LogP contribution in [0.15, 0.2) is 0 Å². The zero-order valence-electron chi connectivity index (χ0n) is 4.24. The first-order valence-electron chi connectivity index (χ1n) is 2.11. The van der Waals surface area contributed by atoms with Crippen LogP contribution in [0.2, 0.25) is 0 Å². The molecule has 5 heteroatoms. The van der Waals surface area contributed by atoms with E-state index >= 15 is 0 Å². The number of nitrogens with one attached hydrogen (secondary N) is 1. The molecule has 0 aliphatic carbocycles. The normalized spacial score (nSPS) is 13.9. The van der Waals surface area contributed by atoms with Crippen LogP contribution in [0.3, 0.4) is 0 Å². The number of hydrogen-bond acceptors (Lipinski definition) is 5. The highest BCUT2D eigenvalue weighted by molar-refractivity contribution is 4.45. The maximum Gasteiger partial charge on any atom is 0.102 e. The van der Waals surface area contributed by atoms with Gasteiger partial charge in [-0.15, -0.1) is 0 Å². The molecule has 0 rings (SSSR count). The third-order valence-electron chi connectivity index (χ3n) is 0.551. The van der Waals surface area contributed by atoms with E-state index in [4.69, 9.17) is 15.4 Å². The molecule has 8 heavy (non-hydrogen) atoms. The molecule has 0 heterocycles. The van der Waals surface area contributed by atoms with Crippen LogP contribution in [0.1, 0.15) is 0 Å². The summed E-state index contributed by atoms with van der Waals surface area (Å²) in [5.74, 6) is 0. The summed E-state index contributed by atoms with van der Waals surface area (Å²) < 4.78 is 0. The third kappa shape index (κ3) is 3.97. The first-order valence-corrected chi connectivity index (χ1v) is 2.11. The van der Waals surface area contributed by atoms with Gasteiger partial charge in [0.05, 0.1) is 13.2 Å². The number of aliphatic hydroxyl groups is 2. The Kier molecular flexibility index (Phi) is 4.82. The Morgan fingerprint density at radius 3 is 2.62 bits per heavy atom. The molecule has 0 aliphatic heterocycles. The molecule has 0 aromatic rings. The SMILES string of the molecule is OCC(O)CONO. The van der Waals surface area contributed by atoms with Gasteiger partial charge in [0.15, 0.2) is 0 Å². The molecule has 1 unspecified atom stereocenters. The van der Waals surface area contributed by atoms with Crippen molar-refractivity contribution >= 4 is 0 Å². The molecular formula is C3H9NO4. The zero-order valence-corrected chi connectivity index (χ0v) is 4.24. The molecule has 4 N–H and O–H groups in total. The monoisotopic (exact) mass is 123 g/mol. The van der Waals surface area contributed by atoms with E-state index in [1.165, 1.54) is 5.64 Å². The predicted octanol–water partition coefficient (Wildman–Crippen LogP) is -1.75. The summed E-state index contributed by atoms with van der Waals surface area (Å²) in [7, 11) is 0. The van der Waals surface area contributed by atoms with Gasteiger partial charge < -0.3 is 10.2 Å². The highest BCUT2D eigenvalue weighted by Crippen LogP contribution is 1.77. The fraction of sp³-hybridized carbons (Fsp3) is 1.00. The summed E-state index contributed by atoms with van der Waals surface area (Å²) in [4.78, 5) is 4.08. The van der Waals surface area contributed by atoms with Gasteiger partial charge in [-0.1, -0.05) is 5.64 Å². The highest BCUT2D eigenvalue weighted by atomic mass is 16.8. The number of hydrogen-bond donors (Lipinski definition) is 4. The van der Waals surface area contributed by atoms with E-state index in [2.05, 4.69) is 4.84 Å². The fourth-order valence-electron chi connectivity index (χ4n) is 0.186. The lowest BCUT2D eigenvalue weighted by Gasteiger charge is -2.03. The molecule has 0 aromatic carbocycles. The van der Waals surface area contributed by atoms with E-state index in [9.17, 15) is 0 Å². The Hall–Kier alpha value is -0.200. The molecular weight excluding hydrogens is 114 g/mol. The summed E-state index contributed by atoms with van der Waals surface area (Å²) in [6.45, 7) is -0.505. The van der Waals surface area contributed by atoms with Crippen LogP contribution in [0.5, 0.6) is 0 Å². The topological polar surface area (TPSA) is 82.0 Å². The second-order valence-corrected chi connectivity index (χ2v) is 1.24. The molecule has 0 fully saturated rings. The van der Waals surface area contributed by atoms with E-state index in [1.54, 1.807) is 0 Å². The lowest BCUT2D eigenvalue weighted by Crippen LogP contribution is -2.23. The zero-order chi connectivity index (χ0) is 6.41. The van der Waals surface area contributed by atoms with Crippen LogP contribution >= 0.6 is 0 Å². The van der Waals surface area contributed by atoms with Gasteiger partial charge in [0.1, 0.15) is 6.10 Å². The predicted molar refractivity (Wildman–Crippen MR) is 24.0 cm³/mol. The number of rotatable bonds is 4. The van der Waals surface area contributed by atoms with Crippen LogP contribution in [0.25, 0.3) is 0 Å². The molecule has 0 amide bonds. The summed E-state index contributed by atoms with van der Waals surface area (Å²) in [6.07, 6.45) is -0.936. The largest absolute Gasteiger partial charge is 0.394 e. The summed E-state index contributed by atoms with van der Waals surface area (Å²) in [5, 5.41) is 24.3. The Bertz CT molecular complexity index is 50.5. The van der Waals surface area contributed by atoms with E-state index < -0.39 is 6.10 Å². The lowest BCUT2D eigenvalue weighted by molar-refractivity contribution is -0.150. The van der Waals surface area contributed by atoms with Gasteiger partial charge in [-0.05, 0) is 0 Å². The quantitative estimate of drug-likeness (QED) is 0.333. The second kappa shape index (κ2) is 4.95. The van der Waals surface area contributed by atoms with Gasteiger partial charge in [0, 0.05) is 0 Å². The fourth-order valence-corrected chi connectivity index (χ4v) is 0.186. The molecule has 0 saturated carbocycles. The van der Waals surface area contributed by atoms with Crippen LogP contribution in [0, 0.1) is 0 Å². The Balaban J connectivity index is 2.86. The summed E-state index contributed by atoms with van der Waals surface area (Å²) in [6, 6.07) is 0. The minimum atomic E-state index is -0.936. The number of aliphatic hydroxyl groups excluding tert-OH is 2. The molecule has 0 aromatic heterocycles. The van der Waals surface area contributed by atoms with Crippen LogP contribution in [-0.2, 0) is 4.84 Å². The molecule has 0 spiro atoms. The van der Waals surface area contributed by atoms with Crippen LogP contribution in [0.4, 0.5) is 0 Å². The van der Waals surface area contributed by atoms with Gasteiger partial charge in [-0.3, -0.25) is 10.0 Å². The van der Waals surface area contributed by atoms with Crippen molar-refractivity contribution in [3.63, 3.8) is 0 Å². The molecule has 0 aliphatic rings. The van der Waals surface area contributed by atoms with E-state index in [0.717, 1.165) is 0 Å². The molecule has 5 nitrogen and oxygen atoms in total. The van der Waals surface area contributed by atoms with Gasteiger partial charge in [-0.25, -0.2) is 0 Å². The van der Waals surface area contributed by atoms with Gasteiger partial charge >= 0.3 is 0 Å². The molecule has 1 atom stereocenters. The maximum absolute atomic E-state index is 8.46. The van der Waals surface area contributed by atoms with Crippen molar-refractivity contribution in [1.82, 2.24) is 5.64 Å². The molecule has 0 radical (unpaired) electrons. The Labute approximate surface area is 46.4 Å². The molecule has 0 bridgehead atoms. The smallest absolute Gasteiger partial charge is 0.102 e. The van der Waals surface area contributed by atoms with Gasteiger partial charge in [0.2, 0.25) is 0 Å². The van der Waals surface area contributed by atoms with Gasteiger partial charge in [0.25, 0.3) is 0 Å². The Morgan fingerprint density at radius 1 is 1.62 bits per heavy atom. The molecule has 0 saturated heterocycles. The average molecular weight is 123 g/mol. The van der Waals surface area contributed by atoms with Crippen molar-refractivity contribution in [2.75, 3.05) is 13.2 Å². The Morgan fingerprint density at radius 2 is 2.25 bits per heavy atom. The van der Waals surface area contributed by atoms with Crippen LogP contribution < -0.4 is 5.64 Å². The average Bonchev–Trinajstić information content (AvgIpc) is 1.83. The minimum absolute atomic E-state index is 0.132. The standard InChI is InChI=1S/C3H9NO4/c5-1-3(6)2-8-4-7/h3-7H,1-2H2. The third-order valence-corrected chi connectivity index (χ3v) is 0.551. The second-order valence-electron chi connectivity index (χ2n) is 1.24. The minimum Gasteiger partial charge on any atom is -0.394 e. The first kappa shape index (κ1) is 7.80. The van der Waals surface area contributed by atoms with Gasteiger partial charge in [-0.2, -0.15) is 0 Å². The van der Waals surface area contributed by atoms with E-state index in [-0.39, 0.29) is 13.2 Å². The van der Waals surface area contributed by atoms with Crippen molar-refractivity contribution in [3.8, 4) is 0 Å². The summed E-state index contributed by atoms with van der Waals surface area (Å²) in [5.41, 5.74) is 1.36. The van der Waals surface area contributed by atoms with Crippen molar-refractivity contribution < 1.29 is 20.3 Å².